The van der Waals surface area contributed by atoms with Crippen LogP contribution in [0.15, 0.2) is 30.3 Å². The number of methoxy groups -OCH3 is 1. The number of carbonyl (C=O) groups is 3. The first-order valence-electron chi connectivity index (χ1n) is 21.7. The highest BCUT2D eigenvalue weighted by molar-refractivity contribution is 5.91. The van der Waals surface area contributed by atoms with Gasteiger partial charge < -0.3 is 29.7 Å². The highest BCUT2D eigenvalue weighted by atomic mass is 19.4. The number of ether oxygens (including phenoxy) is 2. The third-order valence-electron chi connectivity index (χ3n) is 12.4. The molecule has 1 atom stereocenters. The number of alkyl halides is 3. The zero-order valence-electron chi connectivity index (χ0n) is 36.4. The minimum atomic E-state index is -4.66. The van der Waals surface area contributed by atoms with Crippen molar-refractivity contribution < 1.29 is 42.1 Å². The monoisotopic (exact) mass is 853 g/mol. The van der Waals surface area contributed by atoms with Gasteiger partial charge in [0.2, 0.25) is 5.91 Å². The summed E-state index contributed by atoms with van der Waals surface area (Å²) in [6, 6.07) is 6.66. The minimum absolute atomic E-state index is 0.0342. The van der Waals surface area contributed by atoms with Gasteiger partial charge in [0.15, 0.2) is 0 Å². The largest absolute Gasteiger partial charge is 0.496 e. The lowest BCUT2D eigenvalue weighted by Crippen LogP contribution is -2.50. The topological polar surface area (TPSA) is 149 Å². The molecule has 3 fully saturated rings. The number of nitrogens with one attached hydrogen (secondary N) is 2. The third-order valence-corrected chi connectivity index (χ3v) is 12.4. The fourth-order valence-corrected chi connectivity index (χ4v) is 9.03. The number of benzene rings is 2. The van der Waals surface area contributed by atoms with E-state index in [9.17, 15) is 32.7 Å². The molecule has 3 N–H and O–H groups in total. The Morgan fingerprint density at radius 1 is 0.885 bits per heavy atom. The molecule has 2 aliphatic heterocycles. The molecular weight excluding hydrogens is 792 g/mol. The molecule has 2 saturated heterocycles. The first-order valence-corrected chi connectivity index (χ1v) is 21.7. The Bertz CT molecular complexity index is 2020. The van der Waals surface area contributed by atoms with E-state index in [4.69, 9.17) is 9.47 Å². The number of carbonyl (C=O) groups excluding carboxylic acids is 2. The van der Waals surface area contributed by atoms with Crippen molar-refractivity contribution in [3.63, 3.8) is 0 Å². The Morgan fingerprint density at radius 3 is 2.20 bits per heavy atom. The lowest BCUT2D eigenvalue weighted by Gasteiger charge is -2.38. The van der Waals surface area contributed by atoms with Crippen LogP contribution in [0.1, 0.15) is 120 Å². The van der Waals surface area contributed by atoms with Crippen molar-refractivity contribution in [3.8, 4) is 5.75 Å². The number of aryl methyl sites for hydroxylation is 1. The standard InChI is InChI=1S/C45H62F3N7O6/c1-28(33-23-34(45(46,47)48)25-35(24-33)52-42(57)61-44(3,4)5)49-40-37-26-36(39(60-6)27-38(37)50-29(2)51-40)31-10-12-32(13-11-31)41(56)54-21-19-53(20-22-54)16-8-7-9-30-14-17-55(18-15-30)43(58)59/h23-28,30-32H,7-22H2,1-6H3,(H,52,57)(H,58,59)(H,49,50,51)/t28-,31?,32?/m1/s1. The van der Waals surface area contributed by atoms with Crippen LogP contribution in [0.25, 0.3) is 10.9 Å². The van der Waals surface area contributed by atoms with Gasteiger partial charge in [-0.2, -0.15) is 13.2 Å². The number of piperidine rings is 1. The molecular formula is C45H62F3N7O6. The molecule has 3 aromatic rings. The molecule has 1 aliphatic carbocycles. The molecule has 0 radical (unpaired) electrons. The highest BCUT2D eigenvalue weighted by Gasteiger charge is 2.34. The van der Waals surface area contributed by atoms with Gasteiger partial charge in [0.05, 0.1) is 24.2 Å². The van der Waals surface area contributed by atoms with Gasteiger partial charge in [0.25, 0.3) is 0 Å². The number of likely N-dealkylation sites (tertiary alicyclic amines) is 1. The van der Waals surface area contributed by atoms with Crippen molar-refractivity contribution in [3.05, 3.63) is 52.8 Å². The van der Waals surface area contributed by atoms with Gasteiger partial charge in [-0.05, 0) is 133 Å². The molecule has 2 aromatic carbocycles. The van der Waals surface area contributed by atoms with Gasteiger partial charge in [-0.25, -0.2) is 19.6 Å². The molecule has 6 rings (SSSR count). The second kappa shape index (κ2) is 19.5. The second-order valence-corrected chi connectivity index (χ2v) is 18.0. The number of carboxylic acid groups (broad SMARTS) is 1. The van der Waals surface area contributed by atoms with E-state index >= 15 is 0 Å². The molecule has 13 nitrogen and oxygen atoms in total. The quantitative estimate of drug-likeness (QED) is 0.151. The van der Waals surface area contributed by atoms with Gasteiger partial charge in [-0.1, -0.05) is 12.8 Å². The number of hydrogen-bond acceptors (Lipinski definition) is 9. The molecule has 3 heterocycles. The van der Waals surface area contributed by atoms with E-state index in [1.165, 1.54) is 11.0 Å². The number of fused-ring (bicyclic) bond motifs is 1. The Morgan fingerprint density at radius 2 is 1.57 bits per heavy atom. The molecule has 0 spiro atoms. The Balaban J connectivity index is 1.06. The first-order chi connectivity index (χ1) is 28.9. The summed E-state index contributed by atoms with van der Waals surface area (Å²) in [4.78, 5) is 52.8. The lowest BCUT2D eigenvalue weighted by molar-refractivity contribution is -0.138. The summed E-state index contributed by atoms with van der Waals surface area (Å²) in [6.45, 7) is 14.0. The SMILES string of the molecule is COc1cc2nc(C)nc(N[C@H](C)c3cc(NC(=O)OC(C)(C)C)cc(C(F)(F)F)c3)c2cc1C1CCC(C(=O)N2CCN(CCCCC3CCN(C(=O)O)CC3)CC2)CC1. The minimum Gasteiger partial charge on any atom is -0.496 e. The predicted octanol–water partition coefficient (Wildman–Crippen LogP) is 9.46. The number of unbranched alkanes of at least 4 members (excludes halogenated alkanes) is 1. The molecule has 3 aliphatic rings. The van der Waals surface area contributed by atoms with Crippen LogP contribution in [0, 0.1) is 18.8 Å². The maximum Gasteiger partial charge on any atom is 0.416 e. The number of rotatable bonds is 12. The molecule has 16 heteroatoms. The maximum atomic E-state index is 14.1. The van der Waals surface area contributed by atoms with Crippen LogP contribution in [0.4, 0.5) is 34.3 Å². The number of amides is 3. The van der Waals surface area contributed by atoms with Crippen molar-refractivity contribution >= 4 is 40.5 Å². The van der Waals surface area contributed by atoms with Crippen molar-refractivity contribution in [1.29, 1.82) is 0 Å². The average molecular weight is 854 g/mol. The summed E-state index contributed by atoms with van der Waals surface area (Å²) in [5.74, 6) is 2.56. The van der Waals surface area contributed by atoms with Crippen LogP contribution in [0.2, 0.25) is 0 Å². The van der Waals surface area contributed by atoms with E-state index in [1.807, 2.05) is 17.0 Å². The number of nitrogens with zero attached hydrogens (tertiary/aromatic N) is 5. The van der Waals surface area contributed by atoms with Crippen LogP contribution in [-0.4, -0.2) is 106 Å². The van der Waals surface area contributed by atoms with Gasteiger partial charge >= 0.3 is 18.4 Å². The van der Waals surface area contributed by atoms with Crippen LogP contribution >= 0.6 is 0 Å². The Kier molecular flexibility index (Phi) is 14.6. The zero-order chi connectivity index (χ0) is 44.1. The summed E-state index contributed by atoms with van der Waals surface area (Å²) < 4.78 is 53.4. The molecule has 1 saturated carbocycles. The fourth-order valence-electron chi connectivity index (χ4n) is 9.03. The van der Waals surface area contributed by atoms with E-state index in [1.54, 1.807) is 41.7 Å². The van der Waals surface area contributed by atoms with Gasteiger partial charge in [0, 0.05) is 62.3 Å². The van der Waals surface area contributed by atoms with Gasteiger partial charge in [0.1, 0.15) is 23.0 Å². The summed E-state index contributed by atoms with van der Waals surface area (Å²) in [7, 11) is 1.62. The van der Waals surface area contributed by atoms with Gasteiger partial charge in [-0.3, -0.25) is 15.0 Å². The molecule has 61 heavy (non-hydrogen) atoms. The number of aromatic nitrogens is 2. The van der Waals surface area contributed by atoms with E-state index in [2.05, 4.69) is 25.5 Å². The number of piperazine rings is 1. The Hall–Kier alpha value is -4.86. The summed E-state index contributed by atoms with van der Waals surface area (Å²) in [5.41, 5.74) is 0.0985. The summed E-state index contributed by atoms with van der Waals surface area (Å²) in [5, 5.41) is 15.7. The van der Waals surface area contributed by atoms with E-state index in [0.29, 0.717) is 47.3 Å². The third kappa shape index (κ3) is 12.2. The van der Waals surface area contributed by atoms with E-state index < -0.39 is 35.6 Å². The van der Waals surface area contributed by atoms with Crippen LogP contribution in [0.3, 0.4) is 0 Å². The first kappa shape index (κ1) is 45.7. The highest BCUT2D eigenvalue weighted by Crippen LogP contribution is 2.43. The fraction of sp³-hybridized carbons (Fsp3) is 0.622. The molecule has 0 unspecified atom stereocenters. The average Bonchev–Trinajstić information content (AvgIpc) is 3.21. The predicted molar refractivity (Wildman–Crippen MR) is 228 cm³/mol. The second-order valence-electron chi connectivity index (χ2n) is 18.0. The molecule has 334 valence electrons. The maximum absolute atomic E-state index is 14.1. The smallest absolute Gasteiger partial charge is 0.416 e. The molecule has 0 bridgehead atoms. The van der Waals surface area contributed by atoms with Crippen molar-refractivity contribution in [2.75, 3.05) is 63.6 Å². The molecule has 1 aromatic heterocycles. The van der Waals surface area contributed by atoms with Gasteiger partial charge in [-0.15, -0.1) is 0 Å². The van der Waals surface area contributed by atoms with E-state index in [-0.39, 0.29) is 29.0 Å². The van der Waals surface area contributed by atoms with Crippen molar-refractivity contribution in [2.45, 2.75) is 116 Å². The zero-order valence-corrected chi connectivity index (χ0v) is 36.4. The lowest BCUT2D eigenvalue weighted by atomic mass is 9.77. The van der Waals surface area contributed by atoms with E-state index in [0.717, 1.165) is 108 Å². The summed E-state index contributed by atoms with van der Waals surface area (Å²) in [6.07, 6.45) is 2.10. The van der Waals surface area contributed by atoms with Crippen LogP contribution in [-0.2, 0) is 15.7 Å². The number of hydrogen-bond donors (Lipinski definition) is 3. The van der Waals surface area contributed by atoms with Crippen molar-refractivity contribution in [1.82, 2.24) is 24.7 Å². The number of anilines is 2. The Labute approximate surface area is 356 Å². The van der Waals surface area contributed by atoms with Crippen LogP contribution < -0.4 is 15.4 Å². The molecule has 3 amide bonds. The number of halogens is 3. The normalized spacial score (nSPS) is 20.0. The summed E-state index contributed by atoms with van der Waals surface area (Å²) >= 11 is 0. The van der Waals surface area contributed by atoms with Crippen molar-refractivity contribution in [2.24, 2.45) is 11.8 Å². The van der Waals surface area contributed by atoms with Crippen LogP contribution in [0.5, 0.6) is 5.75 Å².